The third-order valence-corrected chi connectivity index (χ3v) is 5.41. The third kappa shape index (κ3) is 6.23. The van der Waals surface area contributed by atoms with Crippen LogP contribution in [0.4, 0.5) is 0 Å². The van der Waals surface area contributed by atoms with E-state index in [1.165, 1.54) is 12.8 Å². The molecule has 3 fully saturated rings. The molecule has 1 aliphatic carbocycles. The van der Waals surface area contributed by atoms with Gasteiger partial charge in [-0.3, -0.25) is 9.69 Å². The van der Waals surface area contributed by atoms with Gasteiger partial charge in [-0.25, -0.2) is 4.99 Å². The summed E-state index contributed by atoms with van der Waals surface area (Å²) < 4.78 is 5.44. The Bertz CT molecular complexity index is 492. The van der Waals surface area contributed by atoms with E-state index < -0.39 is 0 Å². The van der Waals surface area contributed by atoms with Crippen molar-refractivity contribution in [3.8, 4) is 0 Å². The van der Waals surface area contributed by atoms with E-state index in [1.54, 1.807) is 19.0 Å². The lowest BCUT2D eigenvalue weighted by molar-refractivity contribution is -0.127. The summed E-state index contributed by atoms with van der Waals surface area (Å²) in [5, 5.41) is 7.11. The van der Waals surface area contributed by atoms with E-state index in [4.69, 9.17) is 4.74 Å². The number of hydrogen-bond donors (Lipinski definition) is 2. The Morgan fingerprint density at radius 3 is 2.42 bits per heavy atom. The van der Waals surface area contributed by atoms with Crippen molar-refractivity contribution in [3.05, 3.63) is 0 Å². The molecule has 26 heavy (non-hydrogen) atoms. The van der Waals surface area contributed by atoms with Crippen LogP contribution in [0.15, 0.2) is 4.99 Å². The minimum absolute atomic E-state index is 0. The first-order valence-corrected chi connectivity index (χ1v) is 9.64. The predicted molar refractivity (Wildman–Crippen MR) is 114 cm³/mol. The first-order valence-electron chi connectivity index (χ1n) is 9.64. The summed E-state index contributed by atoms with van der Waals surface area (Å²) in [7, 11) is 3.53. The Morgan fingerprint density at radius 1 is 1.15 bits per heavy atom. The van der Waals surface area contributed by atoms with Crippen LogP contribution in [-0.4, -0.2) is 86.2 Å². The van der Waals surface area contributed by atoms with Crippen LogP contribution >= 0.6 is 24.0 Å². The molecule has 2 heterocycles. The second-order valence-corrected chi connectivity index (χ2v) is 7.84. The van der Waals surface area contributed by atoms with E-state index in [9.17, 15) is 4.79 Å². The maximum atomic E-state index is 11.9. The Kier molecular flexibility index (Phi) is 8.41. The maximum Gasteiger partial charge on any atom is 0.243 e. The van der Waals surface area contributed by atoms with Crippen LogP contribution in [-0.2, 0) is 9.53 Å². The molecule has 0 aromatic heterocycles. The second kappa shape index (κ2) is 10.1. The number of aliphatic imine (C=N–C) groups is 1. The summed E-state index contributed by atoms with van der Waals surface area (Å²) >= 11 is 0. The number of nitrogens with one attached hydrogen (secondary N) is 2. The molecule has 0 radical (unpaired) electrons. The van der Waals surface area contributed by atoms with Crippen LogP contribution < -0.4 is 10.6 Å². The van der Waals surface area contributed by atoms with Gasteiger partial charge in [0, 0.05) is 58.0 Å². The number of rotatable bonds is 5. The van der Waals surface area contributed by atoms with Crippen molar-refractivity contribution in [2.24, 2.45) is 4.99 Å². The fourth-order valence-corrected chi connectivity index (χ4v) is 3.73. The topological polar surface area (TPSA) is 69.2 Å². The molecule has 7 nitrogen and oxygen atoms in total. The molecule has 2 atom stereocenters. The number of hydrogen-bond acceptors (Lipinski definition) is 4. The number of ether oxygens (including phenoxy) is 1. The minimum atomic E-state index is 0. The van der Waals surface area contributed by atoms with Crippen LogP contribution in [0.2, 0.25) is 0 Å². The summed E-state index contributed by atoms with van der Waals surface area (Å²) in [5.41, 5.74) is 0. The standard InChI is InChI=1S/C18H33N5O2.HI/c1-13-10-15(12-23(13)16-4-5-16)21-18(19-11-17(24)22(2)3)20-14-6-8-25-9-7-14;/h13-16H,4-12H2,1-3H3,(H2,19,20,21);1H. The van der Waals surface area contributed by atoms with Crippen LogP contribution in [0, 0.1) is 0 Å². The summed E-state index contributed by atoms with van der Waals surface area (Å²) in [4.78, 5) is 20.7. The molecule has 2 unspecified atom stereocenters. The average molecular weight is 479 g/mol. The van der Waals surface area contributed by atoms with Crippen LogP contribution in [0.1, 0.15) is 39.0 Å². The van der Waals surface area contributed by atoms with Gasteiger partial charge in [-0.1, -0.05) is 0 Å². The Morgan fingerprint density at radius 2 is 1.81 bits per heavy atom. The average Bonchev–Trinajstić information content (AvgIpc) is 3.36. The molecule has 2 aliphatic heterocycles. The zero-order chi connectivity index (χ0) is 17.8. The molecular formula is C18H34IN5O2. The number of amides is 1. The fraction of sp³-hybridized carbons (Fsp3) is 0.889. The van der Waals surface area contributed by atoms with Crippen molar-refractivity contribution in [2.45, 2.75) is 63.2 Å². The van der Waals surface area contributed by atoms with Gasteiger partial charge < -0.3 is 20.3 Å². The molecule has 0 bridgehead atoms. The number of guanidine groups is 1. The van der Waals surface area contributed by atoms with Crippen molar-refractivity contribution in [1.82, 2.24) is 20.4 Å². The van der Waals surface area contributed by atoms with Gasteiger partial charge in [0.1, 0.15) is 6.54 Å². The van der Waals surface area contributed by atoms with Gasteiger partial charge in [-0.05, 0) is 39.0 Å². The predicted octanol–water partition coefficient (Wildman–Crippen LogP) is 1.03. The Balaban J connectivity index is 0.00000243. The number of carbonyl (C=O) groups excluding carboxylic acids is 1. The molecule has 2 N–H and O–H groups in total. The van der Waals surface area contributed by atoms with Gasteiger partial charge in [0.25, 0.3) is 0 Å². The highest BCUT2D eigenvalue weighted by molar-refractivity contribution is 14.0. The van der Waals surface area contributed by atoms with Crippen LogP contribution in [0.5, 0.6) is 0 Å². The van der Waals surface area contributed by atoms with E-state index in [-0.39, 0.29) is 36.4 Å². The van der Waals surface area contributed by atoms with E-state index >= 15 is 0 Å². The molecule has 0 spiro atoms. The summed E-state index contributed by atoms with van der Waals surface area (Å²) in [5.74, 6) is 0.796. The van der Waals surface area contributed by atoms with Crippen LogP contribution in [0.3, 0.4) is 0 Å². The van der Waals surface area contributed by atoms with Gasteiger partial charge in [-0.15, -0.1) is 24.0 Å². The molecular weight excluding hydrogens is 445 g/mol. The van der Waals surface area contributed by atoms with Crippen molar-refractivity contribution < 1.29 is 9.53 Å². The maximum absolute atomic E-state index is 11.9. The van der Waals surface area contributed by atoms with Gasteiger partial charge in [-0.2, -0.15) is 0 Å². The first-order chi connectivity index (χ1) is 12.0. The lowest BCUT2D eigenvalue weighted by Gasteiger charge is -2.27. The van der Waals surface area contributed by atoms with Gasteiger partial charge >= 0.3 is 0 Å². The molecule has 1 amide bonds. The molecule has 0 aromatic carbocycles. The SMILES string of the molecule is CC1CC(NC(=NCC(=O)N(C)C)NC2CCOCC2)CN1C1CC1.I. The first kappa shape index (κ1) is 21.7. The summed E-state index contributed by atoms with van der Waals surface area (Å²) in [6.45, 7) is 5.15. The van der Waals surface area contributed by atoms with Gasteiger partial charge in [0.05, 0.1) is 0 Å². The molecule has 3 rings (SSSR count). The quantitative estimate of drug-likeness (QED) is 0.351. The van der Waals surface area contributed by atoms with E-state index in [0.29, 0.717) is 18.1 Å². The number of halogens is 1. The van der Waals surface area contributed by atoms with Crippen molar-refractivity contribution in [2.75, 3.05) is 40.4 Å². The molecule has 1 saturated carbocycles. The molecule has 8 heteroatoms. The van der Waals surface area contributed by atoms with E-state index in [1.807, 2.05) is 0 Å². The Labute approximate surface area is 174 Å². The van der Waals surface area contributed by atoms with Crippen molar-refractivity contribution >= 4 is 35.8 Å². The number of carbonyl (C=O) groups is 1. The third-order valence-electron chi connectivity index (χ3n) is 5.41. The summed E-state index contributed by atoms with van der Waals surface area (Å²) in [6, 6.07) is 2.18. The van der Waals surface area contributed by atoms with E-state index in [0.717, 1.165) is 51.0 Å². The Hall–Kier alpha value is -0.610. The second-order valence-electron chi connectivity index (χ2n) is 7.84. The monoisotopic (exact) mass is 479 g/mol. The van der Waals surface area contributed by atoms with Crippen molar-refractivity contribution in [3.63, 3.8) is 0 Å². The smallest absolute Gasteiger partial charge is 0.243 e. The molecule has 150 valence electrons. The van der Waals surface area contributed by atoms with E-state index in [2.05, 4.69) is 27.4 Å². The van der Waals surface area contributed by atoms with Gasteiger partial charge in [0.2, 0.25) is 5.91 Å². The molecule has 3 aliphatic rings. The fourth-order valence-electron chi connectivity index (χ4n) is 3.73. The summed E-state index contributed by atoms with van der Waals surface area (Å²) in [6.07, 6.45) is 5.78. The lowest BCUT2D eigenvalue weighted by Crippen LogP contribution is -2.50. The minimum Gasteiger partial charge on any atom is -0.381 e. The zero-order valence-corrected chi connectivity index (χ0v) is 18.6. The highest BCUT2D eigenvalue weighted by atomic mass is 127. The normalized spacial score (nSPS) is 27.7. The zero-order valence-electron chi connectivity index (χ0n) is 16.2. The highest BCUT2D eigenvalue weighted by Crippen LogP contribution is 2.33. The number of likely N-dealkylation sites (N-methyl/N-ethyl adjacent to an activating group) is 1. The largest absolute Gasteiger partial charge is 0.381 e. The highest BCUT2D eigenvalue weighted by Gasteiger charge is 2.39. The number of likely N-dealkylation sites (tertiary alicyclic amines) is 1. The number of nitrogens with zero attached hydrogens (tertiary/aromatic N) is 3. The molecule has 0 aromatic rings. The lowest BCUT2D eigenvalue weighted by atomic mass is 10.1. The van der Waals surface area contributed by atoms with Gasteiger partial charge in [0.15, 0.2) is 5.96 Å². The molecule has 2 saturated heterocycles. The van der Waals surface area contributed by atoms with Crippen LogP contribution in [0.25, 0.3) is 0 Å². The van der Waals surface area contributed by atoms with Crippen molar-refractivity contribution in [1.29, 1.82) is 0 Å².